The molecular weight excluding hydrogens is 348 g/mol. The van der Waals surface area contributed by atoms with E-state index in [-0.39, 0.29) is 11.7 Å². The van der Waals surface area contributed by atoms with Crippen molar-refractivity contribution in [1.29, 1.82) is 0 Å². The summed E-state index contributed by atoms with van der Waals surface area (Å²) in [7, 11) is 0. The van der Waals surface area contributed by atoms with E-state index in [0.717, 1.165) is 28.8 Å². The Kier molecular flexibility index (Phi) is 5.38. The third-order valence-corrected chi connectivity index (χ3v) is 4.26. The van der Waals surface area contributed by atoms with Gasteiger partial charge in [-0.2, -0.15) is 0 Å². The lowest BCUT2D eigenvalue weighted by atomic mass is 10.1. The second-order valence-corrected chi connectivity index (χ2v) is 6.66. The predicted molar refractivity (Wildman–Crippen MR) is 104 cm³/mol. The fourth-order valence-corrected chi connectivity index (χ4v) is 2.85. The van der Waals surface area contributed by atoms with Crippen molar-refractivity contribution in [3.63, 3.8) is 0 Å². The summed E-state index contributed by atoms with van der Waals surface area (Å²) in [6.45, 7) is 6.62. The van der Waals surface area contributed by atoms with Crippen molar-refractivity contribution in [2.45, 2.75) is 27.2 Å². The molecule has 1 amide bonds. The second kappa shape index (κ2) is 7.70. The van der Waals surface area contributed by atoms with E-state index in [1.54, 1.807) is 10.7 Å². The van der Waals surface area contributed by atoms with Gasteiger partial charge in [0.25, 0.3) is 5.91 Å². The van der Waals surface area contributed by atoms with E-state index >= 15 is 0 Å². The number of nitrogens with zero attached hydrogens (tertiary/aromatic N) is 3. The zero-order valence-electron chi connectivity index (χ0n) is 15.1. The van der Waals surface area contributed by atoms with Gasteiger partial charge in [0.15, 0.2) is 5.82 Å². The van der Waals surface area contributed by atoms with Crippen molar-refractivity contribution in [1.82, 2.24) is 20.1 Å². The lowest BCUT2D eigenvalue weighted by molar-refractivity contribution is 0.0943. The molecule has 0 radical (unpaired) electrons. The quantitative estimate of drug-likeness (QED) is 0.728. The number of hydrogen-bond acceptors (Lipinski definition) is 3. The van der Waals surface area contributed by atoms with Crippen LogP contribution in [0.3, 0.4) is 0 Å². The summed E-state index contributed by atoms with van der Waals surface area (Å²) in [5.74, 6) is 0.455. The van der Waals surface area contributed by atoms with E-state index in [1.807, 2.05) is 57.2 Å². The lowest BCUT2D eigenvalue weighted by Crippen LogP contribution is -2.25. The number of amides is 1. The van der Waals surface area contributed by atoms with E-state index in [0.29, 0.717) is 17.4 Å². The normalized spacial score (nSPS) is 10.8. The molecule has 0 bridgehead atoms. The zero-order chi connectivity index (χ0) is 18.7. The molecule has 1 N–H and O–H groups in total. The van der Waals surface area contributed by atoms with Crippen LogP contribution >= 0.6 is 11.6 Å². The van der Waals surface area contributed by atoms with Gasteiger partial charge in [-0.05, 0) is 49.6 Å². The Morgan fingerprint density at radius 2 is 2.00 bits per heavy atom. The molecule has 134 valence electrons. The number of hydrogen-bond donors (Lipinski definition) is 1. The molecule has 0 unspecified atom stereocenters. The van der Waals surface area contributed by atoms with E-state index in [9.17, 15) is 4.79 Å². The Bertz CT molecular complexity index is 949. The van der Waals surface area contributed by atoms with Gasteiger partial charge in [-0.3, -0.25) is 4.79 Å². The van der Waals surface area contributed by atoms with Crippen molar-refractivity contribution < 1.29 is 4.79 Å². The summed E-state index contributed by atoms with van der Waals surface area (Å²) in [5, 5.41) is 7.92. The minimum Gasteiger partial charge on any atom is -0.349 e. The van der Waals surface area contributed by atoms with Gasteiger partial charge in [-0.1, -0.05) is 42.8 Å². The molecule has 26 heavy (non-hydrogen) atoms. The van der Waals surface area contributed by atoms with E-state index in [4.69, 9.17) is 11.6 Å². The first-order chi connectivity index (χ1) is 12.5. The number of nitrogens with one attached hydrogen (secondary N) is 1. The molecule has 2 aromatic carbocycles. The number of aromatic nitrogens is 3. The van der Waals surface area contributed by atoms with Crippen molar-refractivity contribution >= 4 is 17.5 Å². The van der Waals surface area contributed by atoms with Gasteiger partial charge in [-0.25, -0.2) is 9.67 Å². The summed E-state index contributed by atoms with van der Waals surface area (Å²) in [6.07, 6.45) is 0.852. The monoisotopic (exact) mass is 368 g/mol. The molecule has 0 spiro atoms. The SMILES string of the molecule is CCCNC(=O)c1nc(-c2cccc(Cl)c2)n(-c2cc(C)ccc2C)n1. The molecular formula is C20H21ClN4O. The highest BCUT2D eigenvalue weighted by Crippen LogP contribution is 2.26. The largest absolute Gasteiger partial charge is 0.349 e. The van der Waals surface area contributed by atoms with Gasteiger partial charge >= 0.3 is 0 Å². The number of carbonyl (C=O) groups is 1. The molecule has 1 heterocycles. The van der Waals surface area contributed by atoms with E-state index in [2.05, 4.69) is 15.4 Å². The van der Waals surface area contributed by atoms with Gasteiger partial charge in [-0.15, -0.1) is 5.10 Å². The number of aryl methyl sites for hydroxylation is 2. The highest BCUT2D eigenvalue weighted by molar-refractivity contribution is 6.30. The molecule has 0 atom stereocenters. The van der Waals surface area contributed by atoms with Crippen LogP contribution < -0.4 is 5.32 Å². The highest BCUT2D eigenvalue weighted by atomic mass is 35.5. The number of halogens is 1. The van der Waals surface area contributed by atoms with Gasteiger partial charge < -0.3 is 5.32 Å². The average molecular weight is 369 g/mol. The van der Waals surface area contributed by atoms with Crippen LogP contribution in [-0.2, 0) is 0 Å². The minimum absolute atomic E-state index is 0.148. The molecule has 0 aliphatic rings. The Morgan fingerprint density at radius 3 is 2.73 bits per heavy atom. The number of rotatable bonds is 5. The fraction of sp³-hybridized carbons (Fsp3) is 0.250. The molecule has 6 heteroatoms. The molecule has 0 aliphatic heterocycles. The second-order valence-electron chi connectivity index (χ2n) is 6.23. The van der Waals surface area contributed by atoms with Crippen LogP contribution in [0.2, 0.25) is 5.02 Å². The third kappa shape index (κ3) is 3.78. The molecule has 1 aromatic heterocycles. The molecule has 0 fully saturated rings. The van der Waals surface area contributed by atoms with Crippen molar-refractivity contribution in [2.24, 2.45) is 0 Å². The standard InChI is InChI=1S/C20H21ClN4O/c1-4-10-22-20(26)18-23-19(15-6-5-7-16(21)12-15)25(24-18)17-11-13(2)8-9-14(17)3/h5-9,11-12H,4,10H2,1-3H3,(H,22,26). The molecule has 0 saturated carbocycles. The van der Waals surface area contributed by atoms with Gasteiger partial charge in [0.05, 0.1) is 5.69 Å². The molecule has 3 aromatic rings. The molecule has 0 aliphatic carbocycles. The molecule has 0 saturated heterocycles. The Hall–Kier alpha value is -2.66. The van der Waals surface area contributed by atoms with Crippen LogP contribution in [0.5, 0.6) is 0 Å². The minimum atomic E-state index is -0.279. The lowest BCUT2D eigenvalue weighted by Gasteiger charge is -2.10. The molecule has 3 rings (SSSR count). The Morgan fingerprint density at radius 1 is 1.19 bits per heavy atom. The first-order valence-electron chi connectivity index (χ1n) is 8.58. The maximum atomic E-state index is 12.4. The number of benzene rings is 2. The average Bonchev–Trinajstić information content (AvgIpc) is 3.07. The summed E-state index contributed by atoms with van der Waals surface area (Å²) in [6, 6.07) is 13.5. The van der Waals surface area contributed by atoms with Crippen molar-refractivity contribution in [3.8, 4) is 17.1 Å². The summed E-state index contributed by atoms with van der Waals surface area (Å²) in [4.78, 5) is 16.9. The first-order valence-corrected chi connectivity index (χ1v) is 8.96. The van der Waals surface area contributed by atoms with Crippen LogP contribution in [-0.4, -0.2) is 27.2 Å². The maximum absolute atomic E-state index is 12.4. The third-order valence-electron chi connectivity index (χ3n) is 4.02. The van der Waals surface area contributed by atoms with E-state index < -0.39 is 0 Å². The zero-order valence-corrected chi connectivity index (χ0v) is 15.8. The Balaban J connectivity index is 2.16. The van der Waals surface area contributed by atoms with Crippen molar-refractivity contribution in [2.75, 3.05) is 6.54 Å². The van der Waals surface area contributed by atoms with Crippen LogP contribution in [0.4, 0.5) is 0 Å². The van der Waals surface area contributed by atoms with Crippen LogP contribution in [0, 0.1) is 13.8 Å². The summed E-state index contributed by atoms with van der Waals surface area (Å²) in [5.41, 5.74) is 3.85. The fourth-order valence-electron chi connectivity index (χ4n) is 2.66. The van der Waals surface area contributed by atoms with Crippen LogP contribution in [0.1, 0.15) is 35.1 Å². The van der Waals surface area contributed by atoms with Crippen LogP contribution in [0.15, 0.2) is 42.5 Å². The maximum Gasteiger partial charge on any atom is 0.290 e. The van der Waals surface area contributed by atoms with Crippen LogP contribution in [0.25, 0.3) is 17.1 Å². The summed E-state index contributed by atoms with van der Waals surface area (Å²) < 4.78 is 1.72. The van der Waals surface area contributed by atoms with Crippen molar-refractivity contribution in [3.05, 3.63) is 64.4 Å². The summed E-state index contributed by atoms with van der Waals surface area (Å²) >= 11 is 6.15. The van der Waals surface area contributed by atoms with Gasteiger partial charge in [0.1, 0.15) is 0 Å². The topological polar surface area (TPSA) is 59.8 Å². The van der Waals surface area contributed by atoms with Gasteiger partial charge in [0, 0.05) is 17.1 Å². The highest BCUT2D eigenvalue weighted by Gasteiger charge is 2.19. The van der Waals surface area contributed by atoms with E-state index in [1.165, 1.54) is 0 Å². The smallest absolute Gasteiger partial charge is 0.290 e. The Labute approximate surface area is 158 Å². The number of carbonyl (C=O) groups excluding carboxylic acids is 1. The molecule has 5 nitrogen and oxygen atoms in total. The van der Waals surface area contributed by atoms with Gasteiger partial charge in [0.2, 0.25) is 5.82 Å². The first kappa shape index (κ1) is 18.1. The predicted octanol–water partition coefficient (Wildman–Crippen LogP) is 4.34.